The van der Waals surface area contributed by atoms with Crippen LogP contribution in [0.15, 0.2) is 12.1 Å². The normalized spacial score (nSPS) is 12.0. The minimum atomic E-state index is -0.614. The van der Waals surface area contributed by atoms with Crippen LogP contribution >= 0.6 is 11.6 Å². The number of rotatable bonds is 6. The van der Waals surface area contributed by atoms with Crippen LogP contribution in [0.25, 0.3) is 0 Å². The number of anilines is 1. The minimum absolute atomic E-state index is 0.0325. The predicted octanol–water partition coefficient (Wildman–Crippen LogP) is 3.61. The van der Waals surface area contributed by atoms with Crippen molar-refractivity contribution in [2.75, 3.05) is 11.4 Å². The van der Waals surface area contributed by atoms with Crippen molar-refractivity contribution in [3.63, 3.8) is 0 Å². The van der Waals surface area contributed by atoms with Gasteiger partial charge in [-0.2, -0.15) is 0 Å². The van der Waals surface area contributed by atoms with Crippen molar-refractivity contribution in [2.24, 2.45) is 0 Å². The van der Waals surface area contributed by atoms with Crippen molar-refractivity contribution in [1.29, 1.82) is 0 Å². The fourth-order valence-electron chi connectivity index (χ4n) is 2.02. The van der Waals surface area contributed by atoms with Crippen molar-refractivity contribution in [3.05, 3.63) is 37.9 Å². The molecule has 0 aliphatic carbocycles. The van der Waals surface area contributed by atoms with E-state index in [1.807, 2.05) is 6.92 Å². The summed E-state index contributed by atoms with van der Waals surface area (Å²) in [6.07, 6.45) is 0.666. The first-order chi connectivity index (χ1) is 9.29. The third-order valence-electron chi connectivity index (χ3n) is 2.79. The maximum absolute atomic E-state index is 11.2. The van der Waals surface area contributed by atoms with Crippen molar-refractivity contribution in [3.8, 4) is 0 Å². The van der Waals surface area contributed by atoms with Gasteiger partial charge in [-0.15, -0.1) is 0 Å². The van der Waals surface area contributed by atoms with Gasteiger partial charge in [-0.05, 0) is 25.8 Å². The number of aryl methyl sites for hydroxylation is 1. The molecule has 0 heterocycles. The molecule has 0 saturated carbocycles. The Balaban J connectivity index is 3.61. The van der Waals surface area contributed by atoms with Gasteiger partial charge >= 0.3 is 0 Å². The van der Waals surface area contributed by atoms with E-state index in [4.69, 9.17) is 11.6 Å². The lowest BCUT2D eigenvalue weighted by Gasteiger charge is -2.26. The van der Waals surface area contributed by atoms with Gasteiger partial charge in [0.1, 0.15) is 5.50 Å². The smallest absolute Gasteiger partial charge is 0.299 e. The molecule has 7 nitrogen and oxygen atoms in total. The molecular weight excluding hydrogens is 286 g/mol. The first-order valence-corrected chi connectivity index (χ1v) is 6.57. The summed E-state index contributed by atoms with van der Waals surface area (Å²) < 4.78 is 0. The second-order valence-corrected chi connectivity index (χ2v) is 5.07. The quantitative estimate of drug-likeness (QED) is 0.346. The van der Waals surface area contributed by atoms with E-state index in [9.17, 15) is 20.2 Å². The van der Waals surface area contributed by atoms with E-state index in [0.29, 0.717) is 18.5 Å². The van der Waals surface area contributed by atoms with Crippen LogP contribution in [0.4, 0.5) is 17.1 Å². The van der Waals surface area contributed by atoms with Gasteiger partial charge in [0.15, 0.2) is 5.69 Å². The Labute approximate surface area is 121 Å². The molecule has 0 radical (unpaired) electrons. The third kappa shape index (κ3) is 3.36. The average molecular weight is 302 g/mol. The summed E-state index contributed by atoms with van der Waals surface area (Å²) in [5, 5.41) is 22.4. The van der Waals surface area contributed by atoms with Gasteiger partial charge in [-0.25, -0.2) is 0 Å². The van der Waals surface area contributed by atoms with Crippen molar-refractivity contribution < 1.29 is 9.85 Å². The van der Waals surface area contributed by atoms with Crippen LogP contribution in [0.1, 0.15) is 25.8 Å². The highest BCUT2D eigenvalue weighted by Crippen LogP contribution is 2.40. The number of hydrogen-bond acceptors (Lipinski definition) is 5. The molecule has 0 aliphatic heterocycles. The van der Waals surface area contributed by atoms with Gasteiger partial charge in [0, 0.05) is 18.7 Å². The topological polar surface area (TPSA) is 89.5 Å². The molecule has 20 heavy (non-hydrogen) atoms. The first kappa shape index (κ1) is 16.2. The second-order valence-electron chi connectivity index (χ2n) is 4.43. The van der Waals surface area contributed by atoms with Gasteiger partial charge in [-0.3, -0.25) is 20.2 Å². The summed E-state index contributed by atoms with van der Waals surface area (Å²) in [5.74, 6) is 0. The Morgan fingerprint density at radius 3 is 2.00 bits per heavy atom. The molecule has 0 spiro atoms. The standard InChI is InChI=1S/C12H16ClN3O4/c1-4-5-14(9(3)13)12-10(15(17)18)6-8(2)7-11(12)16(19)20/h6-7,9H,4-5H2,1-3H3. The summed E-state index contributed by atoms with van der Waals surface area (Å²) in [6, 6.07) is 2.65. The zero-order valence-electron chi connectivity index (χ0n) is 11.5. The average Bonchev–Trinajstić information content (AvgIpc) is 2.34. The zero-order chi connectivity index (χ0) is 15.4. The fourth-order valence-corrected chi connectivity index (χ4v) is 2.22. The molecule has 1 aromatic carbocycles. The molecule has 1 rings (SSSR count). The van der Waals surface area contributed by atoms with E-state index in [1.165, 1.54) is 17.0 Å². The second kappa shape index (κ2) is 6.51. The van der Waals surface area contributed by atoms with E-state index in [0.717, 1.165) is 0 Å². The SMILES string of the molecule is CCCN(c1c([N+](=O)[O-])cc(C)cc1[N+](=O)[O-])C(C)Cl. The minimum Gasteiger partial charge on any atom is -0.344 e. The van der Waals surface area contributed by atoms with Crippen LogP contribution in [0.5, 0.6) is 0 Å². The number of hydrogen-bond donors (Lipinski definition) is 0. The molecule has 0 saturated heterocycles. The summed E-state index contributed by atoms with van der Waals surface area (Å²) >= 11 is 6.03. The Morgan fingerprint density at radius 1 is 1.25 bits per heavy atom. The molecule has 1 atom stereocenters. The van der Waals surface area contributed by atoms with Gasteiger partial charge in [0.25, 0.3) is 11.4 Å². The summed E-state index contributed by atoms with van der Waals surface area (Å²) in [5.41, 5.74) is -0.744. The van der Waals surface area contributed by atoms with Crippen LogP contribution < -0.4 is 4.90 Å². The number of alkyl halides is 1. The predicted molar refractivity (Wildman–Crippen MR) is 77.4 cm³/mol. The molecule has 110 valence electrons. The van der Waals surface area contributed by atoms with Crippen molar-refractivity contribution >= 4 is 28.7 Å². The molecule has 0 aromatic heterocycles. The van der Waals surface area contributed by atoms with Crippen LogP contribution in [-0.4, -0.2) is 21.9 Å². The van der Waals surface area contributed by atoms with Crippen LogP contribution in [0.3, 0.4) is 0 Å². The Morgan fingerprint density at radius 2 is 1.70 bits per heavy atom. The molecule has 0 N–H and O–H groups in total. The number of halogens is 1. The number of nitrogens with zero attached hydrogens (tertiary/aromatic N) is 3. The van der Waals surface area contributed by atoms with Gasteiger partial charge in [0.05, 0.1) is 9.85 Å². The van der Waals surface area contributed by atoms with Crippen LogP contribution in [0.2, 0.25) is 0 Å². The Bertz CT molecular complexity index is 498. The highest BCUT2D eigenvalue weighted by molar-refractivity contribution is 6.21. The van der Waals surface area contributed by atoms with Crippen molar-refractivity contribution in [1.82, 2.24) is 0 Å². The van der Waals surface area contributed by atoms with E-state index in [2.05, 4.69) is 0 Å². The number of nitro groups is 2. The molecule has 0 bridgehead atoms. The molecule has 1 unspecified atom stereocenters. The lowest BCUT2D eigenvalue weighted by molar-refractivity contribution is -0.392. The molecule has 8 heteroatoms. The number of nitro benzene ring substituents is 2. The first-order valence-electron chi connectivity index (χ1n) is 6.13. The largest absolute Gasteiger partial charge is 0.344 e. The van der Waals surface area contributed by atoms with Gasteiger partial charge < -0.3 is 4.90 Å². The molecule has 1 aromatic rings. The van der Waals surface area contributed by atoms with E-state index in [1.54, 1.807) is 13.8 Å². The molecule has 0 amide bonds. The zero-order valence-corrected chi connectivity index (χ0v) is 12.3. The van der Waals surface area contributed by atoms with Gasteiger partial charge in [-0.1, -0.05) is 18.5 Å². The Kier molecular flexibility index (Phi) is 5.26. The molecule has 0 fully saturated rings. The highest BCUT2D eigenvalue weighted by atomic mass is 35.5. The summed E-state index contributed by atoms with van der Waals surface area (Å²) in [6.45, 7) is 5.48. The maximum Gasteiger partial charge on any atom is 0.299 e. The van der Waals surface area contributed by atoms with Crippen LogP contribution in [0, 0.1) is 27.2 Å². The monoisotopic (exact) mass is 301 g/mol. The summed E-state index contributed by atoms with van der Waals surface area (Å²) in [7, 11) is 0. The molecule has 0 aliphatic rings. The Hall–Kier alpha value is -1.89. The summed E-state index contributed by atoms with van der Waals surface area (Å²) in [4.78, 5) is 22.6. The fraction of sp³-hybridized carbons (Fsp3) is 0.500. The third-order valence-corrected chi connectivity index (χ3v) is 3.02. The van der Waals surface area contributed by atoms with Crippen molar-refractivity contribution in [2.45, 2.75) is 32.7 Å². The van der Waals surface area contributed by atoms with E-state index < -0.39 is 15.3 Å². The van der Waals surface area contributed by atoms with E-state index >= 15 is 0 Å². The van der Waals surface area contributed by atoms with Crippen LogP contribution in [-0.2, 0) is 0 Å². The maximum atomic E-state index is 11.2. The lowest BCUT2D eigenvalue weighted by atomic mass is 10.1. The van der Waals surface area contributed by atoms with Gasteiger partial charge in [0.2, 0.25) is 0 Å². The van der Waals surface area contributed by atoms with E-state index in [-0.39, 0.29) is 17.1 Å². The highest BCUT2D eigenvalue weighted by Gasteiger charge is 2.31. The molecular formula is C12H16ClN3O4. The number of benzene rings is 1. The lowest BCUT2D eigenvalue weighted by Crippen LogP contribution is -2.31.